The minimum atomic E-state index is -0.397. The number of ether oxygens (including phenoxy) is 3. The number of hydrogen-bond donors (Lipinski definition) is 2. The molecule has 2 aromatic carbocycles. The Morgan fingerprint density at radius 2 is 1.28 bits per heavy atom. The number of carbonyl (C=O) groups is 2. The standard InChI is InChI=1S/C50H74O7/c1-7-9-10-13-37-16-18-40(19-17-37)41-20-22-42(23-21-41)43-24-25-47(39(8-2)30-43)46-31-44(14-11-27-56-49(53)35(3)4)48(55-29-26-38(33-51)34-52)45(32-46)15-12-28-57-50(54)36(5)6/h24-25,30-32,37-38,40-42,51-52H,3,5,7-23,26-29,33-34H2,1-2,4,6H3. The number of aryl methyl sites for hydroxylation is 3. The van der Waals surface area contributed by atoms with Crippen molar-refractivity contribution in [1.82, 2.24) is 0 Å². The summed E-state index contributed by atoms with van der Waals surface area (Å²) in [6, 6.07) is 11.6. The minimum absolute atomic E-state index is 0.113. The van der Waals surface area contributed by atoms with E-state index >= 15 is 0 Å². The van der Waals surface area contributed by atoms with E-state index in [4.69, 9.17) is 14.2 Å². The van der Waals surface area contributed by atoms with Crippen LogP contribution in [0.25, 0.3) is 11.1 Å². The largest absolute Gasteiger partial charge is 0.493 e. The molecule has 7 nitrogen and oxygen atoms in total. The molecule has 0 aliphatic heterocycles. The Bertz CT molecular complexity index is 1520. The van der Waals surface area contributed by atoms with Gasteiger partial charge in [0.05, 0.1) is 19.8 Å². The van der Waals surface area contributed by atoms with E-state index in [0.29, 0.717) is 55.8 Å². The Kier molecular flexibility index (Phi) is 19.9. The molecule has 7 heteroatoms. The van der Waals surface area contributed by atoms with E-state index in [0.717, 1.165) is 46.6 Å². The molecule has 0 amide bonds. The van der Waals surface area contributed by atoms with Gasteiger partial charge >= 0.3 is 11.9 Å². The van der Waals surface area contributed by atoms with Gasteiger partial charge in [-0.2, -0.15) is 0 Å². The van der Waals surface area contributed by atoms with Crippen LogP contribution >= 0.6 is 0 Å². The van der Waals surface area contributed by atoms with Crippen molar-refractivity contribution >= 4 is 11.9 Å². The zero-order valence-corrected chi connectivity index (χ0v) is 35.9. The zero-order valence-electron chi connectivity index (χ0n) is 35.9. The van der Waals surface area contributed by atoms with Crippen LogP contribution in [0, 0.1) is 23.7 Å². The molecule has 0 saturated heterocycles. The van der Waals surface area contributed by atoms with Crippen molar-refractivity contribution in [2.45, 2.75) is 149 Å². The molecule has 2 aliphatic rings. The van der Waals surface area contributed by atoms with Crippen molar-refractivity contribution < 1.29 is 34.0 Å². The molecule has 2 aliphatic carbocycles. The van der Waals surface area contributed by atoms with E-state index in [2.05, 4.69) is 57.3 Å². The van der Waals surface area contributed by atoms with Crippen LogP contribution in [-0.4, -0.2) is 55.2 Å². The van der Waals surface area contributed by atoms with E-state index in [9.17, 15) is 19.8 Å². The van der Waals surface area contributed by atoms with Gasteiger partial charge in [-0.15, -0.1) is 0 Å². The van der Waals surface area contributed by atoms with Crippen molar-refractivity contribution in [3.8, 4) is 16.9 Å². The van der Waals surface area contributed by atoms with Crippen molar-refractivity contribution in [2.75, 3.05) is 33.0 Å². The molecular weight excluding hydrogens is 713 g/mol. The number of carbonyl (C=O) groups excluding carboxylic acids is 2. The molecule has 316 valence electrons. The molecule has 2 aromatic rings. The van der Waals surface area contributed by atoms with E-state index in [-0.39, 0.29) is 32.3 Å². The summed E-state index contributed by atoms with van der Waals surface area (Å²) in [7, 11) is 0. The maximum Gasteiger partial charge on any atom is 0.333 e. The molecule has 0 heterocycles. The fraction of sp³-hybridized carbons (Fsp3) is 0.640. The highest BCUT2D eigenvalue weighted by molar-refractivity contribution is 5.87. The van der Waals surface area contributed by atoms with Crippen LogP contribution in [0.2, 0.25) is 0 Å². The number of aliphatic hydroxyl groups excluding tert-OH is 2. The van der Waals surface area contributed by atoms with E-state index < -0.39 is 11.9 Å². The van der Waals surface area contributed by atoms with Crippen LogP contribution in [0.4, 0.5) is 0 Å². The number of benzene rings is 2. The van der Waals surface area contributed by atoms with E-state index in [1.54, 1.807) is 13.8 Å². The Morgan fingerprint density at radius 3 is 1.79 bits per heavy atom. The van der Waals surface area contributed by atoms with Crippen molar-refractivity contribution in [2.24, 2.45) is 23.7 Å². The highest BCUT2D eigenvalue weighted by atomic mass is 16.5. The van der Waals surface area contributed by atoms with Gasteiger partial charge in [0.2, 0.25) is 0 Å². The van der Waals surface area contributed by atoms with Crippen molar-refractivity contribution in [1.29, 1.82) is 0 Å². The van der Waals surface area contributed by atoms with Crippen LogP contribution in [0.1, 0.15) is 152 Å². The molecule has 0 radical (unpaired) electrons. The predicted octanol–water partition coefficient (Wildman–Crippen LogP) is 11.0. The van der Waals surface area contributed by atoms with Crippen LogP contribution in [-0.2, 0) is 38.3 Å². The summed E-state index contributed by atoms with van der Waals surface area (Å²) in [4.78, 5) is 24.3. The van der Waals surface area contributed by atoms with Crippen molar-refractivity contribution in [3.63, 3.8) is 0 Å². The first kappa shape index (κ1) is 46.3. The smallest absolute Gasteiger partial charge is 0.333 e. The Balaban J connectivity index is 1.55. The number of aliphatic hydroxyl groups is 2. The highest BCUT2D eigenvalue weighted by Gasteiger charge is 2.31. The summed E-state index contributed by atoms with van der Waals surface area (Å²) in [6.07, 6.45) is 20.5. The zero-order chi connectivity index (χ0) is 41.2. The van der Waals surface area contributed by atoms with Crippen LogP contribution in [0.15, 0.2) is 54.6 Å². The lowest BCUT2D eigenvalue weighted by Gasteiger charge is -2.38. The second-order valence-corrected chi connectivity index (χ2v) is 17.2. The fourth-order valence-corrected chi connectivity index (χ4v) is 9.13. The molecule has 4 rings (SSSR count). The molecule has 0 unspecified atom stereocenters. The third-order valence-corrected chi connectivity index (χ3v) is 12.7. The van der Waals surface area contributed by atoms with Crippen molar-refractivity contribution in [3.05, 3.63) is 76.9 Å². The summed E-state index contributed by atoms with van der Waals surface area (Å²) < 4.78 is 17.4. The first-order valence-electron chi connectivity index (χ1n) is 22.4. The molecule has 0 spiro atoms. The predicted molar refractivity (Wildman–Crippen MR) is 232 cm³/mol. The molecule has 2 fully saturated rings. The lowest BCUT2D eigenvalue weighted by Crippen LogP contribution is -2.25. The second-order valence-electron chi connectivity index (χ2n) is 17.2. The summed E-state index contributed by atoms with van der Waals surface area (Å²) in [5.41, 5.74) is 7.90. The number of esters is 2. The molecule has 0 atom stereocenters. The van der Waals surface area contributed by atoms with Gasteiger partial charge < -0.3 is 24.4 Å². The third-order valence-electron chi connectivity index (χ3n) is 12.7. The Morgan fingerprint density at radius 1 is 0.719 bits per heavy atom. The monoisotopic (exact) mass is 787 g/mol. The second kappa shape index (κ2) is 24.5. The van der Waals surface area contributed by atoms with E-state index in [1.165, 1.54) is 93.7 Å². The van der Waals surface area contributed by atoms with Crippen LogP contribution in [0.3, 0.4) is 0 Å². The minimum Gasteiger partial charge on any atom is -0.493 e. The summed E-state index contributed by atoms with van der Waals surface area (Å²) in [5, 5.41) is 19.4. The number of rotatable bonds is 24. The van der Waals surface area contributed by atoms with Gasteiger partial charge in [0.1, 0.15) is 5.75 Å². The SMILES string of the molecule is C=C(C)C(=O)OCCCc1cc(-c2ccc(C3CCC(C4CCC(CCCCC)CC4)CC3)cc2CC)cc(CCCOC(=O)C(=C)C)c1OCCC(CO)CO. The molecular formula is C50H74O7. The lowest BCUT2D eigenvalue weighted by molar-refractivity contribution is -0.139. The maximum absolute atomic E-state index is 12.1. The van der Waals surface area contributed by atoms with Gasteiger partial charge in [0.25, 0.3) is 0 Å². The molecule has 0 bridgehead atoms. The quantitative estimate of drug-likeness (QED) is 0.0620. The van der Waals surface area contributed by atoms with Gasteiger partial charge in [-0.25, -0.2) is 9.59 Å². The van der Waals surface area contributed by atoms with E-state index in [1.807, 2.05) is 0 Å². The molecule has 2 N–H and O–H groups in total. The molecule has 57 heavy (non-hydrogen) atoms. The molecule has 0 aromatic heterocycles. The Hall–Kier alpha value is -3.42. The first-order chi connectivity index (χ1) is 27.6. The fourth-order valence-electron chi connectivity index (χ4n) is 9.13. The number of hydrogen-bond acceptors (Lipinski definition) is 7. The van der Waals surface area contributed by atoms with Gasteiger partial charge in [0.15, 0.2) is 0 Å². The topological polar surface area (TPSA) is 102 Å². The first-order valence-corrected chi connectivity index (χ1v) is 22.4. The lowest BCUT2D eigenvalue weighted by atomic mass is 9.68. The Labute approximate surface area is 344 Å². The van der Waals surface area contributed by atoms with Gasteiger partial charge in [0, 0.05) is 30.3 Å². The van der Waals surface area contributed by atoms with Gasteiger partial charge in [-0.1, -0.05) is 83.7 Å². The van der Waals surface area contributed by atoms with Gasteiger partial charge in [-0.05, 0) is 160 Å². The maximum atomic E-state index is 12.1. The summed E-state index contributed by atoms with van der Waals surface area (Å²) >= 11 is 0. The number of unbranched alkanes of at least 4 members (excludes halogenated alkanes) is 2. The average Bonchev–Trinajstić information content (AvgIpc) is 3.23. The third kappa shape index (κ3) is 14.4. The average molecular weight is 787 g/mol. The van der Waals surface area contributed by atoms with Crippen LogP contribution in [0.5, 0.6) is 5.75 Å². The highest BCUT2D eigenvalue weighted by Crippen LogP contribution is 2.45. The van der Waals surface area contributed by atoms with Crippen LogP contribution < -0.4 is 4.74 Å². The summed E-state index contributed by atoms with van der Waals surface area (Å²) in [5.74, 6) is 3.11. The summed E-state index contributed by atoms with van der Waals surface area (Å²) in [6.45, 7) is 15.9. The molecule has 2 saturated carbocycles. The van der Waals surface area contributed by atoms with Gasteiger partial charge in [-0.3, -0.25) is 0 Å². The normalized spacial score (nSPS) is 19.6.